The van der Waals surface area contributed by atoms with Crippen molar-refractivity contribution in [1.82, 2.24) is 19.4 Å². The second-order valence-electron chi connectivity index (χ2n) is 4.72. The lowest BCUT2D eigenvalue weighted by Gasteiger charge is -2.30. The number of piperidine rings is 1. The molecule has 1 aromatic heterocycles. The van der Waals surface area contributed by atoms with E-state index < -0.39 is 10.0 Å². The van der Waals surface area contributed by atoms with E-state index >= 15 is 0 Å². The summed E-state index contributed by atoms with van der Waals surface area (Å²) in [6.07, 6.45) is 3.15. The zero-order valence-corrected chi connectivity index (χ0v) is 11.9. The van der Waals surface area contributed by atoms with Crippen molar-refractivity contribution in [2.45, 2.75) is 30.7 Å². The van der Waals surface area contributed by atoms with Crippen molar-refractivity contribution in [2.75, 3.05) is 20.1 Å². The fraction of sp³-hybridized carbons (Fsp3) is 0.727. The minimum Gasteiger partial charge on any atom is -0.317 e. The van der Waals surface area contributed by atoms with Crippen molar-refractivity contribution < 1.29 is 8.42 Å². The van der Waals surface area contributed by atoms with Crippen molar-refractivity contribution in [3.05, 3.63) is 11.9 Å². The van der Waals surface area contributed by atoms with Crippen LogP contribution in [0.15, 0.2) is 11.1 Å². The number of rotatable bonds is 3. The van der Waals surface area contributed by atoms with Gasteiger partial charge in [0.15, 0.2) is 0 Å². The van der Waals surface area contributed by atoms with Gasteiger partial charge in [0, 0.05) is 20.1 Å². The van der Waals surface area contributed by atoms with Crippen LogP contribution < -0.4 is 5.32 Å². The van der Waals surface area contributed by atoms with Gasteiger partial charge in [-0.25, -0.2) is 8.42 Å². The summed E-state index contributed by atoms with van der Waals surface area (Å²) < 4.78 is 28.1. The van der Waals surface area contributed by atoms with E-state index in [2.05, 4.69) is 10.4 Å². The summed E-state index contributed by atoms with van der Waals surface area (Å²) in [6, 6.07) is 0.0795. The largest absolute Gasteiger partial charge is 0.317 e. The van der Waals surface area contributed by atoms with Crippen LogP contribution >= 0.6 is 0 Å². The third-order valence-electron chi connectivity index (χ3n) is 3.67. The van der Waals surface area contributed by atoms with Crippen molar-refractivity contribution in [1.29, 1.82) is 0 Å². The van der Waals surface area contributed by atoms with Crippen LogP contribution in [0.3, 0.4) is 0 Å². The molecule has 1 aliphatic heterocycles. The summed E-state index contributed by atoms with van der Waals surface area (Å²) >= 11 is 0. The summed E-state index contributed by atoms with van der Waals surface area (Å²) in [5, 5.41) is 7.25. The number of aryl methyl sites for hydroxylation is 1. The summed E-state index contributed by atoms with van der Waals surface area (Å²) in [7, 11) is -0.0129. The van der Waals surface area contributed by atoms with Crippen molar-refractivity contribution in [2.24, 2.45) is 7.05 Å². The molecule has 1 aromatic rings. The molecule has 102 valence electrons. The van der Waals surface area contributed by atoms with Gasteiger partial charge in [-0.15, -0.1) is 0 Å². The maximum absolute atomic E-state index is 12.5. The molecule has 0 atom stereocenters. The second kappa shape index (κ2) is 4.99. The Morgan fingerprint density at radius 2 is 2.06 bits per heavy atom. The molecule has 18 heavy (non-hydrogen) atoms. The van der Waals surface area contributed by atoms with Gasteiger partial charge in [-0.2, -0.15) is 9.40 Å². The van der Waals surface area contributed by atoms with E-state index in [1.165, 1.54) is 10.5 Å². The summed E-state index contributed by atoms with van der Waals surface area (Å²) in [5.41, 5.74) is 0.677. The molecule has 1 saturated heterocycles. The highest BCUT2D eigenvalue weighted by atomic mass is 32.2. The molecule has 6 nitrogen and oxygen atoms in total. The van der Waals surface area contributed by atoms with Crippen molar-refractivity contribution in [3.63, 3.8) is 0 Å². The van der Waals surface area contributed by atoms with Crippen LogP contribution in [0, 0.1) is 6.92 Å². The Labute approximate surface area is 108 Å². The van der Waals surface area contributed by atoms with E-state index in [-0.39, 0.29) is 6.04 Å². The average Bonchev–Trinajstić information content (AvgIpc) is 2.70. The molecule has 0 spiro atoms. The molecule has 0 saturated carbocycles. The number of nitrogens with zero attached hydrogens (tertiary/aromatic N) is 3. The molecule has 2 heterocycles. The van der Waals surface area contributed by atoms with Gasteiger partial charge in [-0.05, 0) is 32.9 Å². The fourth-order valence-electron chi connectivity index (χ4n) is 2.25. The van der Waals surface area contributed by atoms with Gasteiger partial charge < -0.3 is 5.32 Å². The molecule has 0 unspecified atom stereocenters. The van der Waals surface area contributed by atoms with Crippen LogP contribution in [0.1, 0.15) is 18.5 Å². The van der Waals surface area contributed by atoms with E-state index in [1.807, 2.05) is 0 Å². The molecular formula is C11H20N4O2S. The molecule has 2 rings (SSSR count). The molecule has 0 aromatic carbocycles. The number of sulfonamides is 1. The van der Waals surface area contributed by atoms with Crippen LogP contribution in [-0.2, 0) is 17.1 Å². The standard InChI is InChI=1S/C11H20N4O2S/c1-9-11(8-13-14(9)2)18(16,17)15(3)10-4-6-12-7-5-10/h8,10,12H,4-7H2,1-3H3. The van der Waals surface area contributed by atoms with Crippen LogP contribution in [0.4, 0.5) is 0 Å². The monoisotopic (exact) mass is 272 g/mol. The predicted octanol–water partition coefficient (Wildman–Crippen LogP) is 0.101. The Morgan fingerprint density at radius 1 is 1.44 bits per heavy atom. The van der Waals surface area contributed by atoms with E-state index in [1.54, 1.807) is 25.7 Å². The molecule has 1 aliphatic rings. The first-order valence-corrected chi connectivity index (χ1v) is 7.56. The molecule has 7 heteroatoms. The maximum Gasteiger partial charge on any atom is 0.246 e. The Kier molecular flexibility index (Phi) is 3.74. The van der Waals surface area contributed by atoms with Crippen molar-refractivity contribution >= 4 is 10.0 Å². The Balaban J connectivity index is 2.27. The predicted molar refractivity (Wildman–Crippen MR) is 68.8 cm³/mol. The highest BCUT2D eigenvalue weighted by Crippen LogP contribution is 2.22. The lowest BCUT2D eigenvalue weighted by atomic mass is 10.1. The van der Waals surface area contributed by atoms with Gasteiger partial charge in [0.25, 0.3) is 0 Å². The molecule has 0 radical (unpaired) electrons. The Hall–Kier alpha value is -0.920. The molecule has 0 amide bonds. The van der Waals surface area contributed by atoms with E-state index in [0.29, 0.717) is 10.6 Å². The van der Waals surface area contributed by atoms with E-state index in [9.17, 15) is 8.42 Å². The SMILES string of the molecule is Cc1c(S(=O)(=O)N(C)C2CCNCC2)cnn1C. The molecular weight excluding hydrogens is 252 g/mol. The Morgan fingerprint density at radius 3 is 2.56 bits per heavy atom. The minimum atomic E-state index is -3.43. The minimum absolute atomic E-state index is 0.0795. The topological polar surface area (TPSA) is 67.2 Å². The van der Waals surface area contributed by atoms with Crippen molar-refractivity contribution in [3.8, 4) is 0 Å². The Bertz CT molecular complexity index is 517. The highest BCUT2D eigenvalue weighted by Gasteiger charge is 2.31. The quantitative estimate of drug-likeness (QED) is 0.847. The van der Waals surface area contributed by atoms with E-state index in [4.69, 9.17) is 0 Å². The number of nitrogens with one attached hydrogen (secondary N) is 1. The zero-order valence-electron chi connectivity index (χ0n) is 11.0. The molecule has 0 bridgehead atoms. The number of hydrogen-bond donors (Lipinski definition) is 1. The van der Waals surface area contributed by atoms with Crippen LogP contribution in [0.2, 0.25) is 0 Å². The summed E-state index contributed by atoms with van der Waals surface area (Å²) in [4.78, 5) is 0.311. The lowest BCUT2D eigenvalue weighted by molar-refractivity contribution is 0.296. The highest BCUT2D eigenvalue weighted by molar-refractivity contribution is 7.89. The lowest BCUT2D eigenvalue weighted by Crippen LogP contribution is -2.43. The van der Waals surface area contributed by atoms with Gasteiger partial charge in [-0.1, -0.05) is 0 Å². The smallest absolute Gasteiger partial charge is 0.246 e. The third kappa shape index (κ3) is 2.30. The number of aromatic nitrogens is 2. The second-order valence-corrected chi connectivity index (χ2v) is 6.69. The average molecular weight is 272 g/mol. The maximum atomic E-state index is 12.5. The third-order valence-corrected chi connectivity index (χ3v) is 5.68. The van der Waals surface area contributed by atoms with Gasteiger partial charge in [-0.3, -0.25) is 4.68 Å². The van der Waals surface area contributed by atoms with Crippen LogP contribution in [0.25, 0.3) is 0 Å². The zero-order chi connectivity index (χ0) is 13.3. The summed E-state index contributed by atoms with van der Waals surface area (Å²) in [6.45, 7) is 3.52. The number of hydrogen-bond acceptors (Lipinski definition) is 4. The first-order chi connectivity index (χ1) is 8.44. The molecule has 1 fully saturated rings. The van der Waals surface area contributed by atoms with Gasteiger partial charge in [0.05, 0.1) is 11.9 Å². The molecule has 0 aliphatic carbocycles. The normalized spacial score (nSPS) is 18.4. The first-order valence-electron chi connectivity index (χ1n) is 6.12. The fourth-order valence-corrected chi connectivity index (χ4v) is 3.85. The van der Waals surface area contributed by atoms with Crippen LogP contribution in [-0.4, -0.2) is 48.7 Å². The van der Waals surface area contributed by atoms with Gasteiger partial charge >= 0.3 is 0 Å². The van der Waals surface area contributed by atoms with Gasteiger partial charge in [0.1, 0.15) is 4.90 Å². The van der Waals surface area contributed by atoms with Crippen LogP contribution in [0.5, 0.6) is 0 Å². The van der Waals surface area contributed by atoms with Gasteiger partial charge in [0.2, 0.25) is 10.0 Å². The van der Waals surface area contributed by atoms with E-state index in [0.717, 1.165) is 25.9 Å². The summed E-state index contributed by atoms with van der Waals surface area (Å²) in [5.74, 6) is 0. The first kappa shape index (κ1) is 13.5. The molecule has 1 N–H and O–H groups in total.